The molecule has 1 saturated heterocycles. The van der Waals surface area contributed by atoms with E-state index in [4.69, 9.17) is 4.74 Å². The quantitative estimate of drug-likeness (QED) is 0.796. The van der Waals surface area contributed by atoms with Crippen LogP contribution in [0.4, 0.5) is 4.79 Å². The molecule has 0 radical (unpaired) electrons. The number of benzene rings is 1. The normalized spacial score (nSPS) is 21.4. The van der Waals surface area contributed by atoms with Crippen LogP contribution < -0.4 is 15.4 Å². The zero-order valence-electron chi connectivity index (χ0n) is 14.5. The van der Waals surface area contributed by atoms with E-state index in [1.54, 1.807) is 13.8 Å². The molecule has 0 bridgehead atoms. The summed E-state index contributed by atoms with van der Waals surface area (Å²) in [7, 11) is 0. The van der Waals surface area contributed by atoms with Gasteiger partial charge in [0.1, 0.15) is 11.3 Å². The highest BCUT2D eigenvalue weighted by molar-refractivity contribution is 6.06. The summed E-state index contributed by atoms with van der Waals surface area (Å²) >= 11 is 0. The molecule has 2 aliphatic heterocycles. The van der Waals surface area contributed by atoms with Crippen LogP contribution in [0.2, 0.25) is 0 Å². The first-order valence-corrected chi connectivity index (χ1v) is 8.54. The average molecular weight is 345 g/mol. The first-order chi connectivity index (χ1) is 11.9. The van der Waals surface area contributed by atoms with E-state index in [9.17, 15) is 14.4 Å². The summed E-state index contributed by atoms with van der Waals surface area (Å²) in [6.45, 7) is 4.15. The van der Waals surface area contributed by atoms with Crippen molar-refractivity contribution in [3.05, 3.63) is 29.8 Å². The topological polar surface area (TPSA) is 87.7 Å². The molecule has 7 nitrogen and oxygen atoms in total. The number of carbonyl (C=O) groups is 3. The molecule has 0 saturated carbocycles. The van der Waals surface area contributed by atoms with Gasteiger partial charge < -0.3 is 15.4 Å². The number of urea groups is 1. The van der Waals surface area contributed by atoms with Gasteiger partial charge in [0.25, 0.3) is 5.91 Å². The second-order valence-electron chi connectivity index (χ2n) is 6.91. The van der Waals surface area contributed by atoms with Crippen LogP contribution in [0.25, 0.3) is 0 Å². The van der Waals surface area contributed by atoms with E-state index in [1.165, 1.54) is 4.90 Å². The number of rotatable bonds is 5. The van der Waals surface area contributed by atoms with Crippen LogP contribution in [0, 0.1) is 0 Å². The van der Waals surface area contributed by atoms with E-state index in [0.29, 0.717) is 13.0 Å². The number of ether oxygens (including phenoxy) is 1. The predicted molar refractivity (Wildman–Crippen MR) is 91.0 cm³/mol. The fourth-order valence-corrected chi connectivity index (χ4v) is 3.18. The summed E-state index contributed by atoms with van der Waals surface area (Å²) < 4.78 is 5.59. The summed E-state index contributed by atoms with van der Waals surface area (Å²) in [6.07, 6.45) is 1.42. The maximum Gasteiger partial charge on any atom is 0.325 e. The van der Waals surface area contributed by atoms with E-state index in [2.05, 4.69) is 10.6 Å². The first kappa shape index (κ1) is 17.3. The number of amides is 4. The third-order valence-electron chi connectivity index (χ3n) is 4.52. The minimum absolute atomic E-state index is 0.0619. The largest absolute Gasteiger partial charge is 0.493 e. The molecule has 0 spiro atoms. The van der Waals surface area contributed by atoms with E-state index < -0.39 is 11.6 Å². The monoisotopic (exact) mass is 345 g/mol. The van der Waals surface area contributed by atoms with Crippen molar-refractivity contribution in [1.82, 2.24) is 15.5 Å². The van der Waals surface area contributed by atoms with Gasteiger partial charge in [-0.15, -0.1) is 0 Å². The molecule has 134 valence electrons. The second kappa shape index (κ2) is 6.74. The van der Waals surface area contributed by atoms with E-state index in [-0.39, 0.29) is 30.8 Å². The SMILES string of the molecule is CC1(C)NC(=O)N(CCCC(=O)N[C@H]2CCOc3ccccc32)C1=O. The highest BCUT2D eigenvalue weighted by Gasteiger charge is 2.43. The van der Waals surface area contributed by atoms with E-state index in [0.717, 1.165) is 17.7 Å². The van der Waals surface area contributed by atoms with Crippen LogP contribution in [0.1, 0.15) is 44.7 Å². The van der Waals surface area contributed by atoms with Crippen molar-refractivity contribution in [3.63, 3.8) is 0 Å². The number of fused-ring (bicyclic) bond motifs is 1. The van der Waals surface area contributed by atoms with Crippen LogP contribution in [0.15, 0.2) is 24.3 Å². The highest BCUT2D eigenvalue weighted by Crippen LogP contribution is 2.31. The molecule has 1 aromatic carbocycles. The van der Waals surface area contributed by atoms with Gasteiger partial charge in [0, 0.05) is 24.9 Å². The summed E-state index contributed by atoms with van der Waals surface area (Å²) in [4.78, 5) is 37.3. The third-order valence-corrected chi connectivity index (χ3v) is 4.52. The summed E-state index contributed by atoms with van der Waals surface area (Å²) in [6, 6.07) is 7.22. The van der Waals surface area contributed by atoms with Gasteiger partial charge in [-0.3, -0.25) is 14.5 Å². The summed E-state index contributed by atoms with van der Waals surface area (Å²) in [5.74, 6) is 0.463. The fraction of sp³-hybridized carbons (Fsp3) is 0.500. The van der Waals surface area contributed by atoms with Gasteiger partial charge in [0.2, 0.25) is 5.91 Å². The fourth-order valence-electron chi connectivity index (χ4n) is 3.18. The van der Waals surface area contributed by atoms with Crippen molar-refractivity contribution in [2.45, 2.75) is 44.7 Å². The lowest BCUT2D eigenvalue weighted by atomic mass is 10.0. The van der Waals surface area contributed by atoms with Crippen LogP contribution in [0.3, 0.4) is 0 Å². The molecule has 7 heteroatoms. The maximum absolute atomic E-state index is 12.2. The van der Waals surface area contributed by atoms with Crippen molar-refractivity contribution < 1.29 is 19.1 Å². The standard InChI is InChI=1S/C18H23N3O4/c1-18(2)16(23)21(17(24)20-18)10-5-8-15(22)19-13-9-11-25-14-7-4-3-6-12(13)14/h3-4,6-7,13H,5,8-11H2,1-2H3,(H,19,22)(H,20,24)/t13-/m0/s1. The van der Waals surface area contributed by atoms with Gasteiger partial charge in [-0.25, -0.2) is 4.79 Å². The molecule has 1 fully saturated rings. The Morgan fingerprint density at radius 1 is 1.36 bits per heavy atom. The van der Waals surface area contributed by atoms with Crippen molar-refractivity contribution in [1.29, 1.82) is 0 Å². The lowest BCUT2D eigenvalue weighted by Crippen LogP contribution is -2.40. The lowest BCUT2D eigenvalue weighted by Gasteiger charge is -2.26. The Bertz CT molecular complexity index is 701. The van der Waals surface area contributed by atoms with Crippen molar-refractivity contribution >= 4 is 17.8 Å². The Kier molecular flexibility index (Phi) is 4.65. The number of hydrogen-bond donors (Lipinski definition) is 2. The summed E-state index contributed by atoms with van der Waals surface area (Å²) in [5.41, 5.74) is 0.114. The van der Waals surface area contributed by atoms with Crippen molar-refractivity contribution in [2.24, 2.45) is 0 Å². The molecule has 0 aliphatic carbocycles. The molecule has 2 N–H and O–H groups in total. The van der Waals surface area contributed by atoms with Crippen LogP contribution >= 0.6 is 0 Å². The molecule has 3 rings (SSSR count). The zero-order valence-corrected chi connectivity index (χ0v) is 14.5. The zero-order chi connectivity index (χ0) is 18.0. The van der Waals surface area contributed by atoms with Crippen LogP contribution in [-0.2, 0) is 9.59 Å². The number of hydrogen-bond acceptors (Lipinski definition) is 4. The lowest BCUT2D eigenvalue weighted by molar-refractivity contribution is -0.130. The molecule has 2 heterocycles. The number of carbonyl (C=O) groups excluding carboxylic acids is 3. The van der Waals surface area contributed by atoms with Gasteiger partial charge in [0.15, 0.2) is 0 Å². The van der Waals surface area contributed by atoms with Gasteiger partial charge >= 0.3 is 6.03 Å². The molecule has 1 atom stereocenters. The molecule has 2 aliphatic rings. The number of nitrogens with one attached hydrogen (secondary N) is 2. The van der Waals surface area contributed by atoms with Crippen LogP contribution in [0.5, 0.6) is 5.75 Å². The molecular weight excluding hydrogens is 322 g/mol. The molecule has 0 aromatic heterocycles. The van der Waals surface area contributed by atoms with Crippen LogP contribution in [-0.4, -0.2) is 41.4 Å². The number of para-hydroxylation sites is 1. The average Bonchev–Trinajstić information content (AvgIpc) is 2.77. The van der Waals surface area contributed by atoms with Gasteiger partial charge in [-0.1, -0.05) is 18.2 Å². The maximum atomic E-state index is 12.2. The van der Waals surface area contributed by atoms with Crippen molar-refractivity contribution in [3.8, 4) is 5.75 Å². The molecule has 25 heavy (non-hydrogen) atoms. The predicted octanol–water partition coefficient (Wildman–Crippen LogP) is 1.74. The Morgan fingerprint density at radius 2 is 2.12 bits per heavy atom. The Hall–Kier alpha value is -2.57. The molecule has 1 aromatic rings. The van der Waals surface area contributed by atoms with Gasteiger partial charge in [-0.2, -0.15) is 0 Å². The third kappa shape index (κ3) is 3.60. The Labute approximate surface area is 146 Å². The highest BCUT2D eigenvalue weighted by atomic mass is 16.5. The second-order valence-corrected chi connectivity index (χ2v) is 6.91. The Morgan fingerprint density at radius 3 is 2.84 bits per heavy atom. The van der Waals surface area contributed by atoms with Gasteiger partial charge in [0.05, 0.1) is 12.6 Å². The minimum atomic E-state index is -0.870. The van der Waals surface area contributed by atoms with Crippen molar-refractivity contribution in [2.75, 3.05) is 13.2 Å². The minimum Gasteiger partial charge on any atom is -0.493 e. The smallest absolute Gasteiger partial charge is 0.325 e. The number of imide groups is 1. The van der Waals surface area contributed by atoms with E-state index >= 15 is 0 Å². The first-order valence-electron chi connectivity index (χ1n) is 8.54. The Balaban J connectivity index is 1.50. The molecule has 4 amide bonds. The molecular formula is C18H23N3O4. The molecule has 0 unspecified atom stereocenters. The number of nitrogens with zero attached hydrogens (tertiary/aromatic N) is 1. The summed E-state index contributed by atoms with van der Waals surface area (Å²) in [5, 5.41) is 5.65. The van der Waals surface area contributed by atoms with Gasteiger partial charge in [-0.05, 0) is 26.3 Å². The van der Waals surface area contributed by atoms with E-state index in [1.807, 2.05) is 24.3 Å².